The van der Waals surface area contributed by atoms with Crippen LogP contribution < -0.4 is 5.32 Å². The van der Waals surface area contributed by atoms with E-state index in [1.165, 1.54) is 10.9 Å². The molecule has 2 heterocycles. The first-order chi connectivity index (χ1) is 10.3. The summed E-state index contributed by atoms with van der Waals surface area (Å²) in [5, 5.41) is 4.10. The van der Waals surface area contributed by atoms with Crippen LogP contribution in [0.25, 0.3) is 10.9 Å². The average Bonchev–Trinajstić information content (AvgIpc) is 2.95. The summed E-state index contributed by atoms with van der Waals surface area (Å²) >= 11 is 0. The van der Waals surface area contributed by atoms with Gasteiger partial charge in [-0.05, 0) is 18.1 Å². The lowest BCUT2D eigenvalue weighted by Gasteiger charge is -2.23. The summed E-state index contributed by atoms with van der Waals surface area (Å²) in [6.07, 6.45) is 3.18. The van der Waals surface area contributed by atoms with Crippen LogP contribution in [0.3, 0.4) is 0 Å². The van der Waals surface area contributed by atoms with Crippen molar-refractivity contribution in [3.63, 3.8) is 0 Å². The molecule has 1 aliphatic heterocycles. The first-order valence-electron chi connectivity index (χ1n) is 7.34. The zero-order valence-corrected chi connectivity index (χ0v) is 11.9. The molecular formula is C16H20N2O3. The summed E-state index contributed by atoms with van der Waals surface area (Å²) in [6.45, 7) is 2.33. The number of hydrogen-bond acceptors (Lipinski definition) is 3. The standard InChI is InChI=1S/C16H20N2O3/c19-16(18-10-13-11-20-7-8-21-13)6-5-12-9-17-15-4-2-1-3-14(12)15/h1-4,9,13,17H,5-8,10-11H2,(H,18,19). The van der Waals surface area contributed by atoms with Crippen LogP contribution in [0.4, 0.5) is 0 Å². The Balaban J connectivity index is 1.47. The molecule has 5 nitrogen and oxygen atoms in total. The molecule has 2 aromatic rings. The Kier molecular flexibility index (Phi) is 4.52. The second-order valence-corrected chi connectivity index (χ2v) is 5.23. The van der Waals surface area contributed by atoms with Gasteiger partial charge in [0.05, 0.1) is 25.9 Å². The van der Waals surface area contributed by atoms with Crippen molar-refractivity contribution >= 4 is 16.8 Å². The maximum Gasteiger partial charge on any atom is 0.220 e. The van der Waals surface area contributed by atoms with Gasteiger partial charge in [0, 0.05) is 30.1 Å². The van der Waals surface area contributed by atoms with Crippen LogP contribution in [0.2, 0.25) is 0 Å². The number of fused-ring (bicyclic) bond motifs is 1. The minimum atomic E-state index is -0.0178. The van der Waals surface area contributed by atoms with Crippen molar-refractivity contribution in [1.29, 1.82) is 0 Å². The van der Waals surface area contributed by atoms with Gasteiger partial charge in [-0.25, -0.2) is 0 Å². The van der Waals surface area contributed by atoms with Gasteiger partial charge < -0.3 is 19.8 Å². The molecule has 1 fully saturated rings. The molecule has 0 saturated carbocycles. The molecule has 1 saturated heterocycles. The average molecular weight is 288 g/mol. The predicted octanol–water partition coefficient (Wildman–Crippen LogP) is 1.63. The monoisotopic (exact) mass is 288 g/mol. The van der Waals surface area contributed by atoms with E-state index in [1.807, 2.05) is 24.4 Å². The van der Waals surface area contributed by atoms with Crippen molar-refractivity contribution in [2.75, 3.05) is 26.4 Å². The van der Waals surface area contributed by atoms with Gasteiger partial charge >= 0.3 is 0 Å². The molecule has 3 rings (SSSR count). The molecular weight excluding hydrogens is 268 g/mol. The summed E-state index contributed by atoms with van der Waals surface area (Å²) in [6, 6.07) is 8.13. The van der Waals surface area contributed by atoms with Crippen LogP contribution in [0.1, 0.15) is 12.0 Å². The lowest BCUT2D eigenvalue weighted by Crippen LogP contribution is -2.39. The zero-order chi connectivity index (χ0) is 14.5. The van der Waals surface area contributed by atoms with E-state index in [2.05, 4.69) is 16.4 Å². The molecule has 112 valence electrons. The number of aromatic amines is 1. The van der Waals surface area contributed by atoms with Crippen LogP contribution in [0, 0.1) is 0 Å². The third-order valence-corrected chi connectivity index (χ3v) is 3.71. The molecule has 1 atom stereocenters. The van der Waals surface area contributed by atoms with E-state index in [0.29, 0.717) is 32.8 Å². The Hall–Kier alpha value is -1.85. The second kappa shape index (κ2) is 6.74. The highest BCUT2D eigenvalue weighted by atomic mass is 16.6. The van der Waals surface area contributed by atoms with E-state index in [4.69, 9.17) is 9.47 Å². The van der Waals surface area contributed by atoms with Crippen molar-refractivity contribution in [2.24, 2.45) is 0 Å². The largest absolute Gasteiger partial charge is 0.376 e. The van der Waals surface area contributed by atoms with Gasteiger partial charge in [0.1, 0.15) is 0 Å². The van der Waals surface area contributed by atoms with E-state index in [0.717, 1.165) is 11.9 Å². The smallest absolute Gasteiger partial charge is 0.220 e. The van der Waals surface area contributed by atoms with Gasteiger partial charge in [-0.15, -0.1) is 0 Å². The number of para-hydroxylation sites is 1. The summed E-state index contributed by atoms with van der Waals surface area (Å²) in [5.74, 6) is 0.0504. The van der Waals surface area contributed by atoms with Gasteiger partial charge in [-0.2, -0.15) is 0 Å². The van der Waals surface area contributed by atoms with Crippen LogP contribution in [-0.4, -0.2) is 43.4 Å². The molecule has 1 aromatic heterocycles. The summed E-state index contributed by atoms with van der Waals surface area (Å²) in [7, 11) is 0. The molecule has 1 aromatic carbocycles. The summed E-state index contributed by atoms with van der Waals surface area (Å²) in [5.41, 5.74) is 2.29. The number of amides is 1. The van der Waals surface area contributed by atoms with Crippen molar-refractivity contribution < 1.29 is 14.3 Å². The van der Waals surface area contributed by atoms with E-state index >= 15 is 0 Å². The minimum absolute atomic E-state index is 0.0178. The molecule has 0 spiro atoms. The van der Waals surface area contributed by atoms with E-state index in [-0.39, 0.29) is 12.0 Å². The van der Waals surface area contributed by atoms with Gasteiger partial charge in [0.2, 0.25) is 5.91 Å². The van der Waals surface area contributed by atoms with E-state index in [1.54, 1.807) is 0 Å². The number of nitrogens with one attached hydrogen (secondary N) is 2. The maximum atomic E-state index is 11.9. The number of aryl methyl sites for hydroxylation is 1. The second-order valence-electron chi connectivity index (χ2n) is 5.23. The fourth-order valence-electron chi connectivity index (χ4n) is 2.56. The molecule has 1 aliphatic rings. The molecule has 0 radical (unpaired) electrons. The molecule has 0 bridgehead atoms. The zero-order valence-electron chi connectivity index (χ0n) is 11.9. The maximum absolute atomic E-state index is 11.9. The number of carbonyl (C=O) groups excluding carboxylic acids is 1. The highest BCUT2D eigenvalue weighted by Crippen LogP contribution is 2.18. The van der Waals surface area contributed by atoms with Crippen LogP contribution >= 0.6 is 0 Å². The first kappa shape index (κ1) is 14.1. The highest BCUT2D eigenvalue weighted by molar-refractivity contribution is 5.84. The summed E-state index contributed by atoms with van der Waals surface area (Å²) < 4.78 is 10.8. The Bertz CT molecular complexity index is 602. The lowest BCUT2D eigenvalue weighted by molar-refractivity contribution is -0.123. The highest BCUT2D eigenvalue weighted by Gasteiger charge is 2.15. The Labute approximate surface area is 123 Å². The topological polar surface area (TPSA) is 63.4 Å². The van der Waals surface area contributed by atoms with Crippen molar-refractivity contribution in [2.45, 2.75) is 18.9 Å². The van der Waals surface area contributed by atoms with Crippen molar-refractivity contribution in [3.05, 3.63) is 36.0 Å². The number of rotatable bonds is 5. The molecule has 21 heavy (non-hydrogen) atoms. The normalized spacial score (nSPS) is 18.8. The number of aromatic nitrogens is 1. The van der Waals surface area contributed by atoms with E-state index in [9.17, 15) is 4.79 Å². The van der Waals surface area contributed by atoms with Gasteiger partial charge in [-0.1, -0.05) is 18.2 Å². The third kappa shape index (κ3) is 3.62. The Morgan fingerprint density at radius 3 is 3.10 bits per heavy atom. The first-order valence-corrected chi connectivity index (χ1v) is 7.34. The van der Waals surface area contributed by atoms with Gasteiger partial charge in [0.25, 0.3) is 0 Å². The van der Waals surface area contributed by atoms with Crippen molar-refractivity contribution in [1.82, 2.24) is 10.3 Å². The van der Waals surface area contributed by atoms with Gasteiger partial charge in [-0.3, -0.25) is 4.79 Å². The Morgan fingerprint density at radius 2 is 2.24 bits per heavy atom. The minimum Gasteiger partial charge on any atom is -0.376 e. The lowest BCUT2D eigenvalue weighted by atomic mass is 10.1. The fraction of sp³-hybridized carbons (Fsp3) is 0.438. The van der Waals surface area contributed by atoms with Crippen molar-refractivity contribution in [3.8, 4) is 0 Å². The number of carbonyl (C=O) groups is 1. The number of benzene rings is 1. The molecule has 1 amide bonds. The summed E-state index contributed by atoms with van der Waals surface area (Å²) in [4.78, 5) is 15.1. The fourth-order valence-corrected chi connectivity index (χ4v) is 2.56. The predicted molar refractivity (Wildman–Crippen MR) is 80.2 cm³/mol. The Morgan fingerprint density at radius 1 is 1.33 bits per heavy atom. The third-order valence-electron chi connectivity index (χ3n) is 3.71. The number of H-pyrrole nitrogens is 1. The van der Waals surface area contributed by atoms with Gasteiger partial charge in [0.15, 0.2) is 0 Å². The van der Waals surface area contributed by atoms with Crippen LogP contribution in [0.5, 0.6) is 0 Å². The molecule has 5 heteroatoms. The quantitative estimate of drug-likeness (QED) is 0.879. The van der Waals surface area contributed by atoms with Crippen LogP contribution in [-0.2, 0) is 20.7 Å². The SMILES string of the molecule is O=C(CCc1c[nH]c2ccccc12)NCC1COCCO1. The number of hydrogen-bond donors (Lipinski definition) is 2. The number of ether oxygens (including phenoxy) is 2. The molecule has 0 aliphatic carbocycles. The molecule has 2 N–H and O–H groups in total. The van der Waals surface area contributed by atoms with Crippen LogP contribution in [0.15, 0.2) is 30.5 Å². The van der Waals surface area contributed by atoms with E-state index < -0.39 is 0 Å². The molecule has 1 unspecified atom stereocenters.